The van der Waals surface area contributed by atoms with Crippen molar-refractivity contribution in [2.75, 3.05) is 52.7 Å². The highest BCUT2D eigenvalue weighted by molar-refractivity contribution is 7.89. The summed E-state index contributed by atoms with van der Waals surface area (Å²) in [7, 11) is -3.76. The molecule has 2 aromatic carbocycles. The van der Waals surface area contributed by atoms with E-state index in [0.717, 1.165) is 49.5 Å². The molecule has 0 saturated carbocycles. The number of hydrogen-bond donors (Lipinski definition) is 0. The molecule has 0 N–H and O–H groups in total. The van der Waals surface area contributed by atoms with Gasteiger partial charge in [0.2, 0.25) is 22.7 Å². The van der Waals surface area contributed by atoms with E-state index in [1.54, 1.807) is 4.90 Å². The molecule has 0 radical (unpaired) electrons. The molecule has 9 nitrogen and oxygen atoms in total. The van der Waals surface area contributed by atoms with Gasteiger partial charge in [-0.15, -0.1) is 0 Å². The Morgan fingerprint density at radius 2 is 1.74 bits per heavy atom. The maximum Gasteiger partial charge on any atom is 0.248 e. The van der Waals surface area contributed by atoms with E-state index in [1.807, 2.05) is 18.2 Å². The standard InChI is InChI=1S/C26H31Cl2N3O6S/c27-22-6-5-21(14-23(22)28)38(33,34)31-8-2-1-3-20(31)16-35-17-26(32)30-11-9-29(10-12-30)15-19-4-7-24-25(13-19)37-18-36-24/h4-7,13-14,20H,1-3,8-12,15-18H2. The summed E-state index contributed by atoms with van der Waals surface area (Å²) in [5.74, 6) is 1.46. The summed E-state index contributed by atoms with van der Waals surface area (Å²) >= 11 is 12.0. The van der Waals surface area contributed by atoms with E-state index in [9.17, 15) is 13.2 Å². The molecule has 0 spiro atoms. The lowest BCUT2D eigenvalue weighted by atomic mass is 10.1. The summed E-state index contributed by atoms with van der Waals surface area (Å²) in [5, 5.41) is 0.496. The second-order valence-electron chi connectivity index (χ2n) is 9.70. The van der Waals surface area contributed by atoms with Gasteiger partial charge >= 0.3 is 0 Å². The molecule has 38 heavy (non-hydrogen) atoms. The number of piperazine rings is 1. The Morgan fingerprint density at radius 1 is 0.947 bits per heavy atom. The van der Waals surface area contributed by atoms with Gasteiger partial charge < -0.3 is 19.1 Å². The maximum absolute atomic E-state index is 13.3. The van der Waals surface area contributed by atoms with Crippen molar-refractivity contribution >= 4 is 39.1 Å². The van der Waals surface area contributed by atoms with Gasteiger partial charge in [-0.25, -0.2) is 8.42 Å². The average molecular weight is 585 g/mol. The largest absolute Gasteiger partial charge is 0.454 e. The highest BCUT2D eigenvalue weighted by Crippen LogP contribution is 2.33. The van der Waals surface area contributed by atoms with Crippen LogP contribution in [-0.2, 0) is 26.1 Å². The molecule has 2 fully saturated rings. The smallest absolute Gasteiger partial charge is 0.248 e. The number of hydrogen-bond acceptors (Lipinski definition) is 7. The lowest BCUT2D eigenvalue weighted by molar-refractivity contribution is -0.138. The van der Waals surface area contributed by atoms with Gasteiger partial charge in [0.1, 0.15) is 6.61 Å². The van der Waals surface area contributed by atoms with Gasteiger partial charge in [0.25, 0.3) is 0 Å². The van der Waals surface area contributed by atoms with E-state index in [4.69, 9.17) is 37.4 Å². The van der Waals surface area contributed by atoms with Gasteiger partial charge in [-0.05, 0) is 48.7 Å². The van der Waals surface area contributed by atoms with Crippen molar-refractivity contribution in [1.29, 1.82) is 0 Å². The van der Waals surface area contributed by atoms with Crippen LogP contribution in [0.4, 0.5) is 0 Å². The number of sulfonamides is 1. The third-order valence-electron chi connectivity index (χ3n) is 7.17. The molecule has 1 unspecified atom stereocenters. The fraction of sp³-hybridized carbons (Fsp3) is 0.500. The van der Waals surface area contributed by atoms with E-state index in [2.05, 4.69) is 4.90 Å². The van der Waals surface area contributed by atoms with Crippen LogP contribution in [0, 0.1) is 0 Å². The molecule has 5 rings (SSSR count). The van der Waals surface area contributed by atoms with Crippen molar-refractivity contribution in [2.24, 2.45) is 0 Å². The molecule has 1 atom stereocenters. The van der Waals surface area contributed by atoms with Crippen LogP contribution in [0.2, 0.25) is 10.0 Å². The maximum atomic E-state index is 13.3. The van der Waals surface area contributed by atoms with Crippen molar-refractivity contribution < 1.29 is 27.4 Å². The molecule has 3 heterocycles. The molecule has 3 aliphatic heterocycles. The number of amides is 1. The van der Waals surface area contributed by atoms with Gasteiger partial charge in [-0.2, -0.15) is 4.31 Å². The Kier molecular flexibility index (Phi) is 8.66. The predicted molar refractivity (Wildman–Crippen MR) is 143 cm³/mol. The van der Waals surface area contributed by atoms with Gasteiger partial charge in [0.15, 0.2) is 11.5 Å². The van der Waals surface area contributed by atoms with Crippen LogP contribution in [0.15, 0.2) is 41.3 Å². The zero-order chi connectivity index (χ0) is 26.7. The topological polar surface area (TPSA) is 88.6 Å². The van der Waals surface area contributed by atoms with E-state index in [0.29, 0.717) is 31.1 Å². The number of benzene rings is 2. The van der Waals surface area contributed by atoms with Crippen LogP contribution in [0.25, 0.3) is 0 Å². The third kappa shape index (κ3) is 6.21. The molecule has 2 aromatic rings. The average Bonchev–Trinajstić information content (AvgIpc) is 3.39. The Bertz CT molecular complexity index is 1270. The lowest BCUT2D eigenvalue weighted by Gasteiger charge is -2.36. The molecule has 0 aromatic heterocycles. The van der Waals surface area contributed by atoms with Crippen molar-refractivity contribution in [3.05, 3.63) is 52.0 Å². The number of piperidine rings is 1. The minimum Gasteiger partial charge on any atom is -0.454 e. The molecule has 206 valence electrons. The second kappa shape index (κ2) is 12.0. The van der Waals surface area contributed by atoms with Crippen LogP contribution in [0.3, 0.4) is 0 Å². The molecule has 0 aliphatic carbocycles. The first-order valence-electron chi connectivity index (χ1n) is 12.7. The fourth-order valence-electron chi connectivity index (χ4n) is 5.06. The molecule has 2 saturated heterocycles. The van der Waals surface area contributed by atoms with Crippen LogP contribution >= 0.6 is 23.2 Å². The number of nitrogens with zero attached hydrogens (tertiary/aromatic N) is 3. The highest BCUT2D eigenvalue weighted by Gasteiger charge is 2.34. The quantitative estimate of drug-likeness (QED) is 0.469. The molecular formula is C26H31Cl2N3O6S. The van der Waals surface area contributed by atoms with Gasteiger partial charge in [0.05, 0.1) is 21.5 Å². The van der Waals surface area contributed by atoms with E-state index in [-0.39, 0.29) is 41.9 Å². The Balaban J connectivity index is 1.09. The zero-order valence-corrected chi connectivity index (χ0v) is 23.3. The summed E-state index contributed by atoms with van der Waals surface area (Å²) in [6, 6.07) is 9.96. The number of carbonyl (C=O) groups excluding carboxylic acids is 1. The normalized spacial score (nSPS) is 20.6. The Labute approximate surface area is 233 Å². The molecule has 1 amide bonds. The number of fused-ring (bicyclic) bond motifs is 1. The first kappa shape index (κ1) is 27.5. The minimum atomic E-state index is -3.76. The van der Waals surface area contributed by atoms with Crippen LogP contribution in [0.5, 0.6) is 11.5 Å². The molecular weight excluding hydrogens is 553 g/mol. The first-order chi connectivity index (χ1) is 18.3. The van der Waals surface area contributed by atoms with E-state index >= 15 is 0 Å². The van der Waals surface area contributed by atoms with Crippen molar-refractivity contribution in [2.45, 2.75) is 36.7 Å². The van der Waals surface area contributed by atoms with Crippen LogP contribution < -0.4 is 9.47 Å². The van der Waals surface area contributed by atoms with Crippen molar-refractivity contribution in [3.63, 3.8) is 0 Å². The lowest BCUT2D eigenvalue weighted by Crippen LogP contribution is -2.50. The zero-order valence-electron chi connectivity index (χ0n) is 21.0. The molecule has 12 heteroatoms. The van der Waals surface area contributed by atoms with Crippen LogP contribution in [-0.4, -0.2) is 87.2 Å². The van der Waals surface area contributed by atoms with Crippen molar-refractivity contribution in [3.8, 4) is 11.5 Å². The number of halogens is 2. The van der Waals surface area contributed by atoms with E-state index in [1.165, 1.54) is 22.5 Å². The summed E-state index contributed by atoms with van der Waals surface area (Å²) < 4.78 is 44.7. The van der Waals surface area contributed by atoms with Gasteiger partial charge in [0, 0.05) is 45.3 Å². The SMILES string of the molecule is O=C(COCC1CCCCN1S(=O)(=O)c1ccc(Cl)c(Cl)c1)N1CCN(Cc2ccc3c(c2)OCO3)CC1. The van der Waals surface area contributed by atoms with E-state index < -0.39 is 10.0 Å². The summed E-state index contributed by atoms with van der Waals surface area (Å²) in [6.07, 6.45) is 2.35. The summed E-state index contributed by atoms with van der Waals surface area (Å²) in [5.41, 5.74) is 1.14. The molecule has 0 bridgehead atoms. The second-order valence-corrected chi connectivity index (χ2v) is 12.4. The number of carbonyl (C=O) groups is 1. The predicted octanol–water partition coefficient (Wildman–Crippen LogP) is 3.63. The third-order valence-corrected chi connectivity index (χ3v) is 9.86. The Hall–Kier alpha value is -2.08. The van der Waals surface area contributed by atoms with Crippen LogP contribution in [0.1, 0.15) is 24.8 Å². The first-order valence-corrected chi connectivity index (χ1v) is 14.9. The van der Waals surface area contributed by atoms with Crippen molar-refractivity contribution in [1.82, 2.24) is 14.1 Å². The minimum absolute atomic E-state index is 0.0701. The van der Waals surface area contributed by atoms with Gasteiger partial charge in [-0.1, -0.05) is 35.7 Å². The number of ether oxygens (including phenoxy) is 3. The monoisotopic (exact) mass is 583 g/mol. The fourth-order valence-corrected chi connectivity index (χ4v) is 7.12. The van der Waals surface area contributed by atoms with Gasteiger partial charge in [-0.3, -0.25) is 9.69 Å². The summed E-state index contributed by atoms with van der Waals surface area (Å²) in [6.45, 7) is 4.29. The highest BCUT2D eigenvalue weighted by atomic mass is 35.5. The molecule has 3 aliphatic rings. The summed E-state index contributed by atoms with van der Waals surface area (Å²) in [4.78, 5) is 17.0. The Morgan fingerprint density at radius 3 is 2.53 bits per heavy atom. The number of rotatable bonds is 8.